The van der Waals surface area contributed by atoms with Gasteiger partial charge in [0.15, 0.2) is 0 Å². The van der Waals surface area contributed by atoms with Crippen molar-refractivity contribution in [3.05, 3.63) is 48.2 Å². The summed E-state index contributed by atoms with van der Waals surface area (Å²) in [4.78, 5) is 18.1. The predicted octanol–water partition coefficient (Wildman–Crippen LogP) is 2.41. The minimum atomic E-state index is -0.198. The van der Waals surface area contributed by atoms with Crippen molar-refractivity contribution in [1.29, 1.82) is 0 Å². The average Bonchev–Trinajstić information content (AvgIpc) is 2.47. The Morgan fingerprint density at radius 1 is 1.25 bits per heavy atom. The lowest BCUT2D eigenvalue weighted by molar-refractivity contribution is 0.102. The molecule has 104 valence electrons. The summed E-state index contributed by atoms with van der Waals surface area (Å²) in [5, 5.41) is 2.84. The van der Waals surface area contributed by atoms with Crippen LogP contribution < -0.4 is 15.0 Å². The molecular formula is C15H17N3O2. The molecule has 0 aliphatic rings. The summed E-state index contributed by atoms with van der Waals surface area (Å²) >= 11 is 0. The first-order valence-corrected chi connectivity index (χ1v) is 6.19. The van der Waals surface area contributed by atoms with Crippen LogP contribution in [0.4, 0.5) is 11.4 Å². The van der Waals surface area contributed by atoms with E-state index < -0.39 is 0 Å². The van der Waals surface area contributed by atoms with Crippen molar-refractivity contribution in [1.82, 2.24) is 4.98 Å². The van der Waals surface area contributed by atoms with Crippen molar-refractivity contribution >= 4 is 17.3 Å². The number of carbonyl (C=O) groups is 1. The Kier molecular flexibility index (Phi) is 4.20. The number of benzene rings is 1. The maximum atomic E-state index is 12.1. The second-order valence-corrected chi connectivity index (χ2v) is 4.49. The van der Waals surface area contributed by atoms with E-state index in [4.69, 9.17) is 4.74 Å². The molecule has 1 aromatic heterocycles. The van der Waals surface area contributed by atoms with Crippen LogP contribution in [-0.4, -0.2) is 32.1 Å². The van der Waals surface area contributed by atoms with Gasteiger partial charge in [0.25, 0.3) is 5.91 Å². The zero-order valence-electron chi connectivity index (χ0n) is 11.8. The third-order valence-corrected chi connectivity index (χ3v) is 2.83. The van der Waals surface area contributed by atoms with Gasteiger partial charge in [-0.2, -0.15) is 0 Å². The third kappa shape index (κ3) is 3.26. The molecule has 5 heteroatoms. The zero-order valence-corrected chi connectivity index (χ0v) is 11.8. The molecule has 1 amide bonds. The quantitative estimate of drug-likeness (QED) is 0.927. The van der Waals surface area contributed by atoms with E-state index in [1.807, 2.05) is 43.3 Å². The Hall–Kier alpha value is -2.56. The smallest absolute Gasteiger partial charge is 0.257 e. The van der Waals surface area contributed by atoms with Gasteiger partial charge in [0, 0.05) is 37.7 Å². The van der Waals surface area contributed by atoms with E-state index in [1.165, 1.54) is 13.3 Å². The van der Waals surface area contributed by atoms with Gasteiger partial charge < -0.3 is 15.0 Å². The van der Waals surface area contributed by atoms with E-state index >= 15 is 0 Å². The van der Waals surface area contributed by atoms with E-state index in [-0.39, 0.29) is 5.91 Å². The number of pyridine rings is 1. The molecule has 2 rings (SSSR count). The fraction of sp³-hybridized carbons (Fsp3) is 0.200. The van der Waals surface area contributed by atoms with Crippen molar-refractivity contribution in [2.24, 2.45) is 0 Å². The number of anilines is 2. The maximum absolute atomic E-state index is 12.1. The second kappa shape index (κ2) is 6.06. The molecule has 0 spiro atoms. The first kappa shape index (κ1) is 13.9. The molecule has 0 atom stereocenters. The molecular weight excluding hydrogens is 254 g/mol. The van der Waals surface area contributed by atoms with Gasteiger partial charge in [0.05, 0.1) is 12.7 Å². The minimum absolute atomic E-state index is 0.198. The number of hydrogen-bond donors (Lipinski definition) is 1. The zero-order chi connectivity index (χ0) is 14.5. The third-order valence-electron chi connectivity index (χ3n) is 2.83. The standard InChI is InChI=1S/C15H17N3O2/c1-18(2)13-6-4-5-12(9-13)17-15(19)11-7-8-14(20-3)16-10-11/h4-10H,1-3H3,(H,17,19). The number of rotatable bonds is 4. The molecule has 0 aliphatic carbocycles. The monoisotopic (exact) mass is 271 g/mol. The van der Waals surface area contributed by atoms with Crippen LogP contribution in [0.2, 0.25) is 0 Å². The number of hydrogen-bond acceptors (Lipinski definition) is 4. The van der Waals surface area contributed by atoms with E-state index in [0.29, 0.717) is 11.4 Å². The Morgan fingerprint density at radius 3 is 2.65 bits per heavy atom. The molecule has 0 aliphatic heterocycles. The number of nitrogens with one attached hydrogen (secondary N) is 1. The van der Waals surface area contributed by atoms with Gasteiger partial charge in [-0.1, -0.05) is 6.07 Å². The van der Waals surface area contributed by atoms with Gasteiger partial charge in [-0.05, 0) is 24.3 Å². The van der Waals surface area contributed by atoms with Crippen LogP contribution in [0.15, 0.2) is 42.6 Å². The normalized spacial score (nSPS) is 9.95. The lowest BCUT2D eigenvalue weighted by atomic mass is 10.2. The topological polar surface area (TPSA) is 54.5 Å². The Morgan fingerprint density at radius 2 is 2.05 bits per heavy atom. The van der Waals surface area contributed by atoms with Crippen LogP contribution in [0.5, 0.6) is 5.88 Å². The van der Waals surface area contributed by atoms with Gasteiger partial charge >= 0.3 is 0 Å². The largest absolute Gasteiger partial charge is 0.481 e. The predicted molar refractivity (Wildman–Crippen MR) is 79.5 cm³/mol. The Bertz CT molecular complexity index is 594. The molecule has 2 aromatic rings. The van der Waals surface area contributed by atoms with Crippen LogP contribution >= 0.6 is 0 Å². The molecule has 1 N–H and O–H groups in total. The molecule has 0 fully saturated rings. The second-order valence-electron chi connectivity index (χ2n) is 4.49. The lowest BCUT2D eigenvalue weighted by Crippen LogP contribution is -2.13. The van der Waals surface area contributed by atoms with E-state index in [0.717, 1.165) is 11.4 Å². The van der Waals surface area contributed by atoms with Gasteiger partial charge in [0.2, 0.25) is 5.88 Å². The van der Waals surface area contributed by atoms with E-state index in [2.05, 4.69) is 10.3 Å². The summed E-state index contributed by atoms with van der Waals surface area (Å²) < 4.78 is 4.96. The molecule has 1 aromatic carbocycles. The van der Waals surface area contributed by atoms with Gasteiger partial charge in [-0.3, -0.25) is 4.79 Å². The van der Waals surface area contributed by atoms with Crippen molar-refractivity contribution in [2.75, 3.05) is 31.4 Å². The number of ether oxygens (including phenoxy) is 1. The summed E-state index contributed by atoms with van der Waals surface area (Å²) in [5.74, 6) is 0.284. The van der Waals surface area contributed by atoms with Crippen LogP contribution in [0.25, 0.3) is 0 Å². The SMILES string of the molecule is COc1ccc(C(=O)Nc2cccc(N(C)C)c2)cn1. The van der Waals surface area contributed by atoms with Gasteiger partial charge in [-0.15, -0.1) is 0 Å². The fourth-order valence-corrected chi connectivity index (χ4v) is 1.70. The fourth-order valence-electron chi connectivity index (χ4n) is 1.70. The van der Waals surface area contributed by atoms with Gasteiger partial charge in [-0.25, -0.2) is 4.98 Å². The molecule has 5 nitrogen and oxygen atoms in total. The first-order valence-electron chi connectivity index (χ1n) is 6.19. The average molecular weight is 271 g/mol. The highest BCUT2D eigenvalue weighted by Gasteiger charge is 2.07. The van der Waals surface area contributed by atoms with Crippen LogP contribution in [0.1, 0.15) is 10.4 Å². The van der Waals surface area contributed by atoms with Crippen LogP contribution in [0, 0.1) is 0 Å². The molecule has 0 bridgehead atoms. The number of amides is 1. The maximum Gasteiger partial charge on any atom is 0.257 e. The van der Waals surface area contributed by atoms with Gasteiger partial charge in [0.1, 0.15) is 0 Å². The van der Waals surface area contributed by atoms with Crippen molar-refractivity contribution in [3.63, 3.8) is 0 Å². The Labute approximate surface area is 118 Å². The highest BCUT2D eigenvalue weighted by atomic mass is 16.5. The number of nitrogens with zero attached hydrogens (tertiary/aromatic N) is 2. The molecule has 20 heavy (non-hydrogen) atoms. The van der Waals surface area contributed by atoms with Crippen molar-refractivity contribution < 1.29 is 9.53 Å². The van der Waals surface area contributed by atoms with E-state index in [9.17, 15) is 4.79 Å². The molecule has 0 saturated carbocycles. The highest BCUT2D eigenvalue weighted by molar-refractivity contribution is 6.04. The van der Waals surface area contributed by atoms with E-state index in [1.54, 1.807) is 12.1 Å². The summed E-state index contributed by atoms with van der Waals surface area (Å²) in [5.41, 5.74) is 2.26. The molecule has 0 saturated heterocycles. The Balaban J connectivity index is 2.12. The van der Waals surface area contributed by atoms with Crippen LogP contribution in [0.3, 0.4) is 0 Å². The summed E-state index contributed by atoms with van der Waals surface area (Å²) in [6, 6.07) is 11.0. The summed E-state index contributed by atoms with van der Waals surface area (Å²) in [6.07, 6.45) is 1.49. The summed E-state index contributed by atoms with van der Waals surface area (Å²) in [7, 11) is 5.44. The molecule has 1 heterocycles. The number of aromatic nitrogens is 1. The van der Waals surface area contributed by atoms with Crippen molar-refractivity contribution in [2.45, 2.75) is 0 Å². The number of methoxy groups -OCH3 is 1. The molecule has 0 unspecified atom stereocenters. The lowest BCUT2D eigenvalue weighted by Gasteiger charge is -2.14. The van der Waals surface area contributed by atoms with Crippen molar-refractivity contribution in [3.8, 4) is 5.88 Å². The summed E-state index contributed by atoms with van der Waals surface area (Å²) in [6.45, 7) is 0. The number of carbonyl (C=O) groups excluding carboxylic acids is 1. The highest BCUT2D eigenvalue weighted by Crippen LogP contribution is 2.18. The van der Waals surface area contributed by atoms with Crippen LogP contribution in [-0.2, 0) is 0 Å². The first-order chi connectivity index (χ1) is 9.60. The minimum Gasteiger partial charge on any atom is -0.481 e. The molecule has 0 radical (unpaired) electrons.